The van der Waals surface area contributed by atoms with Crippen molar-refractivity contribution in [2.24, 2.45) is 0 Å². The number of hydrogen-bond donors (Lipinski definition) is 4. The first kappa shape index (κ1) is 44.7. The van der Waals surface area contributed by atoms with E-state index < -0.39 is 16.6 Å². The molecule has 0 saturated carbocycles. The number of benzene rings is 2. The third-order valence-corrected chi connectivity index (χ3v) is 9.51. The third-order valence-electron chi connectivity index (χ3n) is 7.30. The van der Waals surface area contributed by atoms with Crippen molar-refractivity contribution in [3.63, 3.8) is 0 Å². The lowest BCUT2D eigenvalue weighted by Gasteiger charge is -2.17. The van der Waals surface area contributed by atoms with Crippen molar-refractivity contribution in [3.05, 3.63) is 104 Å². The van der Waals surface area contributed by atoms with Crippen LogP contribution in [0.1, 0.15) is 22.4 Å². The number of hydrogen-bond acceptors (Lipinski definition) is 14. The van der Waals surface area contributed by atoms with Gasteiger partial charge in [0.1, 0.15) is 21.8 Å². The average Bonchev–Trinajstić information content (AvgIpc) is 3.20. The highest BCUT2D eigenvalue weighted by Gasteiger charge is 2.22. The summed E-state index contributed by atoms with van der Waals surface area (Å²) >= 11 is 2.44. The maximum atomic E-state index is 12.7. The number of aromatic nitrogens is 4. The minimum absolute atomic E-state index is 0.143. The molecule has 2 aromatic heterocycles. The molecule has 55 heavy (non-hydrogen) atoms. The number of carbonyl (C=O) groups excluding carboxylic acids is 2. The van der Waals surface area contributed by atoms with Crippen LogP contribution in [0.2, 0.25) is 0 Å². The summed E-state index contributed by atoms with van der Waals surface area (Å²) in [4.78, 5) is 60.7. The van der Waals surface area contributed by atoms with Gasteiger partial charge in [-0.25, -0.2) is 14.6 Å². The number of rotatable bonds is 22. The monoisotopic (exact) mass is 800 g/mol. The SMILES string of the molecule is COCCOCC(Sc1[nH]c(=O)ncc1C)C(=O)NCc1ccc(OC)cc1.COCCOCc1cc(SCC(=O)NCc2ccc(OC)cc2)nc(=O)[nH]1. The molecule has 2 aromatic carbocycles. The van der Waals surface area contributed by atoms with Crippen LogP contribution in [0.15, 0.2) is 80.4 Å². The van der Waals surface area contributed by atoms with E-state index in [1.165, 1.54) is 29.7 Å². The van der Waals surface area contributed by atoms with Gasteiger partial charge < -0.3 is 49.0 Å². The van der Waals surface area contributed by atoms with Crippen LogP contribution in [0.3, 0.4) is 0 Å². The second-order valence-corrected chi connectivity index (χ2v) is 13.7. The van der Waals surface area contributed by atoms with Crippen LogP contribution in [0, 0.1) is 6.92 Å². The first-order valence-corrected chi connectivity index (χ1v) is 18.9. The molecule has 18 heteroatoms. The molecule has 0 bridgehead atoms. The lowest BCUT2D eigenvalue weighted by atomic mass is 10.2. The number of nitrogens with zero attached hydrogens (tertiary/aromatic N) is 2. The molecule has 0 fully saturated rings. The summed E-state index contributed by atoms with van der Waals surface area (Å²) in [6.07, 6.45) is 1.49. The Balaban J connectivity index is 0.000000296. The highest BCUT2D eigenvalue weighted by atomic mass is 32.2. The fraction of sp³-hybridized carbons (Fsp3) is 0.405. The standard InChI is InChI=1S/C19H25N3O5S.C18H23N3O5S/c1-13-10-21-19(24)22-18(13)28-16(12-27-9-8-25-2)17(23)20-11-14-4-6-15(26-3)7-5-14;1-24-7-8-26-11-14-9-17(21-18(23)20-14)27-12-16(22)19-10-13-3-5-15(25-2)6-4-13/h4-7,10,16H,8-9,11-12H2,1-3H3,(H,20,23)(H,21,22,24);3-6,9H,7-8,10-12H2,1-2H3,(H,19,22)(H,20,21,23). The van der Waals surface area contributed by atoms with Crippen molar-refractivity contribution >= 4 is 35.3 Å². The van der Waals surface area contributed by atoms with E-state index in [9.17, 15) is 19.2 Å². The molecular formula is C37H48N6O10S2. The Hall–Kier alpha value is -4.72. The van der Waals surface area contributed by atoms with Gasteiger partial charge in [-0.05, 0) is 53.9 Å². The largest absolute Gasteiger partial charge is 0.497 e. The number of carbonyl (C=O) groups is 2. The van der Waals surface area contributed by atoms with E-state index in [0.29, 0.717) is 55.3 Å². The summed E-state index contributed by atoms with van der Waals surface area (Å²) < 4.78 is 31.0. The number of aryl methyl sites for hydroxylation is 1. The number of aromatic amines is 2. The number of nitrogens with one attached hydrogen (secondary N) is 4. The predicted molar refractivity (Wildman–Crippen MR) is 209 cm³/mol. The zero-order chi connectivity index (χ0) is 39.8. The van der Waals surface area contributed by atoms with Crippen molar-refractivity contribution in [1.29, 1.82) is 0 Å². The zero-order valence-electron chi connectivity index (χ0n) is 31.5. The molecule has 2 amide bonds. The van der Waals surface area contributed by atoms with Gasteiger partial charge in [0.05, 0.1) is 64.6 Å². The third kappa shape index (κ3) is 17.5. The average molecular weight is 801 g/mol. The van der Waals surface area contributed by atoms with E-state index in [1.54, 1.807) is 34.5 Å². The van der Waals surface area contributed by atoms with Gasteiger partial charge >= 0.3 is 11.4 Å². The lowest BCUT2D eigenvalue weighted by molar-refractivity contribution is -0.122. The van der Waals surface area contributed by atoms with Gasteiger partial charge in [-0.15, -0.1) is 0 Å². The fourth-order valence-corrected chi connectivity index (χ4v) is 6.12. The molecule has 0 radical (unpaired) electrons. The van der Waals surface area contributed by atoms with Crippen LogP contribution < -0.4 is 31.5 Å². The van der Waals surface area contributed by atoms with E-state index in [1.807, 2.05) is 55.5 Å². The van der Waals surface area contributed by atoms with Gasteiger partial charge in [-0.3, -0.25) is 9.59 Å². The molecular weight excluding hydrogens is 753 g/mol. The van der Waals surface area contributed by atoms with E-state index >= 15 is 0 Å². The number of amides is 2. The molecule has 0 aliphatic rings. The molecule has 2 heterocycles. The zero-order valence-corrected chi connectivity index (χ0v) is 33.1. The van der Waals surface area contributed by atoms with Crippen LogP contribution in [0.5, 0.6) is 11.5 Å². The van der Waals surface area contributed by atoms with Crippen LogP contribution >= 0.6 is 23.5 Å². The molecule has 4 rings (SSSR count). The van der Waals surface area contributed by atoms with Crippen molar-refractivity contribution in [2.45, 2.75) is 41.9 Å². The van der Waals surface area contributed by atoms with Crippen molar-refractivity contribution in [2.75, 3.05) is 67.2 Å². The van der Waals surface area contributed by atoms with Crippen LogP contribution in [0.4, 0.5) is 0 Å². The summed E-state index contributed by atoms with van der Waals surface area (Å²) in [5.74, 6) is 1.36. The van der Waals surface area contributed by atoms with Crippen molar-refractivity contribution in [1.82, 2.24) is 30.6 Å². The second-order valence-electron chi connectivity index (χ2n) is 11.4. The molecule has 1 unspecified atom stereocenters. The van der Waals surface area contributed by atoms with Gasteiger partial charge in [0.25, 0.3) is 0 Å². The number of H-pyrrole nitrogens is 2. The van der Waals surface area contributed by atoms with Crippen LogP contribution in [-0.4, -0.2) is 104 Å². The minimum atomic E-state index is -0.535. The Labute approximate surface area is 327 Å². The smallest absolute Gasteiger partial charge is 0.346 e. The van der Waals surface area contributed by atoms with Crippen molar-refractivity contribution < 1.29 is 38.0 Å². The molecule has 0 aliphatic carbocycles. The molecule has 4 N–H and O–H groups in total. The summed E-state index contributed by atoms with van der Waals surface area (Å²) in [5, 5.41) is 6.28. The molecule has 16 nitrogen and oxygen atoms in total. The normalized spacial score (nSPS) is 11.2. The fourth-order valence-electron chi connectivity index (χ4n) is 4.34. The molecule has 0 aliphatic heterocycles. The first-order valence-electron chi connectivity index (χ1n) is 17.0. The van der Waals surface area contributed by atoms with Gasteiger partial charge in [0.2, 0.25) is 11.8 Å². The van der Waals surface area contributed by atoms with E-state index in [-0.39, 0.29) is 30.8 Å². The van der Waals surface area contributed by atoms with E-state index in [0.717, 1.165) is 28.2 Å². The van der Waals surface area contributed by atoms with Crippen molar-refractivity contribution in [3.8, 4) is 11.5 Å². The van der Waals surface area contributed by atoms with E-state index in [2.05, 4.69) is 30.6 Å². The van der Waals surface area contributed by atoms with Crippen LogP contribution in [0.25, 0.3) is 0 Å². The summed E-state index contributed by atoms with van der Waals surface area (Å²) in [6.45, 7) is 4.78. The maximum absolute atomic E-state index is 12.7. The van der Waals surface area contributed by atoms with Crippen LogP contribution in [-0.2, 0) is 48.2 Å². The minimum Gasteiger partial charge on any atom is -0.497 e. The Kier molecular flexibility index (Phi) is 20.6. The van der Waals surface area contributed by atoms with Gasteiger partial charge in [0.15, 0.2) is 0 Å². The summed E-state index contributed by atoms with van der Waals surface area (Å²) in [5.41, 5.74) is 2.39. The Morgan fingerprint density at radius 1 is 0.782 bits per heavy atom. The number of methoxy groups -OCH3 is 4. The highest BCUT2D eigenvalue weighted by molar-refractivity contribution is 8.00. The summed E-state index contributed by atoms with van der Waals surface area (Å²) in [7, 11) is 6.38. The Morgan fingerprint density at radius 3 is 1.98 bits per heavy atom. The van der Waals surface area contributed by atoms with Gasteiger partial charge in [0, 0.05) is 39.2 Å². The lowest BCUT2D eigenvalue weighted by Crippen LogP contribution is -2.35. The number of ether oxygens (including phenoxy) is 6. The quantitative estimate of drug-likeness (QED) is 0.0513. The summed E-state index contributed by atoms with van der Waals surface area (Å²) in [6, 6.07) is 16.6. The van der Waals surface area contributed by atoms with Gasteiger partial charge in [-0.2, -0.15) is 4.98 Å². The van der Waals surface area contributed by atoms with E-state index in [4.69, 9.17) is 28.4 Å². The maximum Gasteiger partial charge on any atom is 0.346 e. The topological polar surface area (TPSA) is 205 Å². The molecule has 1 atom stereocenters. The molecule has 0 saturated heterocycles. The number of thioether (sulfide) groups is 2. The Bertz CT molecular complexity index is 1860. The molecule has 0 spiro atoms. The molecule has 4 aromatic rings. The predicted octanol–water partition coefficient (Wildman–Crippen LogP) is 2.88. The van der Waals surface area contributed by atoms with Gasteiger partial charge in [-0.1, -0.05) is 47.8 Å². The molecule has 298 valence electrons. The second kappa shape index (κ2) is 25.4. The Morgan fingerprint density at radius 2 is 1.38 bits per heavy atom. The highest BCUT2D eigenvalue weighted by Crippen LogP contribution is 2.24. The first-order chi connectivity index (χ1) is 26.6.